The van der Waals surface area contributed by atoms with Crippen molar-refractivity contribution in [3.8, 4) is 17.5 Å². The molecule has 0 saturated heterocycles. The smallest absolute Gasteiger partial charge is 0.255 e. The number of amides is 1. The highest BCUT2D eigenvalue weighted by atomic mass is 16.3. The number of rotatable bonds is 3. The van der Waals surface area contributed by atoms with Gasteiger partial charge in [-0.15, -0.1) is 0 Å². The molecule has 26 heavy (non-hydrogen) atoms. The van der Waals surface area contributed by atoms with Crippen LogP contribution in [0, 0.1) is 11.3 Å². The Morgan fingerprint density at radius 3 is 2.69 bits per heavy atom. The summed E-state index contributed by atoms with van der Waals surface area (Å²) in [6.07, 6.45) is 1.66. The molecule has 1 N–H and O–H groups in total. The lowest BCUT2D eigenvalue weighted by Crippen LogP contribution is -2.11. The molecule has 2 heterocycles. The van der Waals surface area contributed by atoms with Crippen molar-refractivity contribution in [2.45, 2.75) is 0 Å². The second-order valence-corrected chi connectivity index (χ2v) is 5.57. The van der Waals surface area contributed by atoms with Crippen LogP contribution in [0.3, 0.4) is 0 Å². The van der Waals surface area contributed by atoms with E-state index in [-0.39, 0.29) is 5.91 Å². The third-order valence-corrected chi connectivity index (χ3v) is 3.81. The van der Waals surface area contributed by atoms with Crippen LogP contribution >= 0.6 is 0 Å². The largest absolute Gasteiger partial charge is 0.434 e. The molecule has 4 aromatic rings. The summed E-state index contributed by atoms with van der Waals surface area (Å²) >= 11 is 0. The first-order valence-corrected chi connectivity index (χ1v) is 7.86. The minimum Gasteiger partial charge on any atom is -0.434 e. The molecule has 0 atom stereocenters. The molecular weight excluding hydrogens is 328 g/mol. The zero-order valence-corrected chi connectivity index (χ0v) is 13.5. The van der Waals surface area contributed by atoms with Gasteiger partial charge in [-0.25, -0.2) is 4.98 Å². The molecule has 0 unspecified atom stereocenters. The standard InChI is InChI=1S/C20H12N4O2/c21-12-13-3-1-4-15(11-13)19(25)23-16-8-6-14(7-9-16)20-24-18-17(26-20)5-2-10-22-18/h1-11H,(H,23,25). The van der Waals surface area contributed by atoms with E-state index in [1.165, 1.54) is 0 Å². The zero-order chi connectivity index (χ0) is 17.9. The molecule has 4 rings (SSSR count). The summed E-state index contributed by atoms with van der Waals surface area (Å²) < 4.78 is 5.68. The third kappa shape index (κ3) is 3.01. The van der Waals surface area contributed by atoms with Gasteiger partial charge in [-0.1, -0.05) is 6.07 Å². The molecule has 0 aliphatic heterocycles. The molecule has 0 spiro atoms. The summed E-state index contributed by atoms with van der Waals surface area (Å²) in [7, 11) is 0. The van der Waals surface area contributed by atoms with Crippen molar-refractivity contribution in [3.63, 3.8) is 0 Å². The van der Waals surface area contributed by atoms with E-state index in [0.29, 0.717) is 33.9 Å². The maximum absolute atomic E-state index is 12.3. The molecule has 2 aromatic carbocycles. The maximum atomic E-state index is 12.3. The number of carbonyl (C=O) groups is 1. The Bertz CT molecular complexity index is 1110. The number of hydrogen-bond donors (Lipinski definition) is 1. The summed E-state index contributed by atoms with van der Waals surface area (Å²) in [6, 6.07) is 19.3. The van der Waals surface area contributed by atoms with Crippen LogP contribution in [0.15, 0.2) is 71.3 Å². The van der Waals surface area contributed by atoms with Gasteiger partial charge in [0.15, 0.2) is 11.2 Å². The van der Waals surface area contributed by atoms with E-state index in [0.717, 1.165) is 5.56 Å². The fourth-order valence-electron chi connectivity index (χ4n) is 2.52. The second-order valence-electron chi connectivity index (χ2n) is 5.57. The van der Waals surface area contributed by atoms with Crippen LogP contribution in [-0.2, 0) is 0 Å². The molecule has 0 bridgehead atoms. The van der Waals surface area contributed by atoms with Gasteiger partial charge in [-0.3, -0.25) is 4.79 Å². The normalized spacial score (nSPS) is 10.4. The monoisotopic (exact) mass is 340 g/mol. The molecule has 0 aliphatic rings. The number of hydrogen-bond acceptors (Lipinski definition) is 5. The van der Waals surface area contributed by atoms with Crippen molar-refractivity contribution in [3.05, 3.63) is 78.0 Å². The molecule has 0 saturated carbocycles. The lowest BCUT2D eigenvalue weighted by atomic mass is 10.1. The van der Waals surface area contributed by atoms with E-state index in [4.69, 9.17) is 9.68 Å². The van der Waals surface area contributed by atoms with Crippen molar-refractivity contribution in [1.29, 1.82) is 5.26 Å². The molecule has 1 amide bonds. The third-order valence-electron chi connectivity index (χ3n) is 3.81. The number of carbonyl (C=O) groups excluding carboxylic acids is 1. The Morgan fingerprint density at radius 2 is 1.92 bits per heavy atom. The van der Waals surface area contributed by atoms with Crippen LogP contribution in [0.5, 0.6) is 0 Å². The van der Waals surface area contributed by atoms with E-state index >= 15 is 0 Å². The molecule has 0 aliphatic carbocycles. The van der Waals surface area contributed by atoms with E-state index in [1.807, 2.05) is 24.3 Å². The first kappa shape index (κ1) is 15.5. The summed E-state index contributed by atoms with van der Waals surface area (Å²) in [5, 5.41) is 11.7. The Kier molecular flexibility index (Phi) is 3.88. The van der Waals surface area contributed by atoms with Gasteiger partial charge in [-0.05, 0) is 54.6 Å². The average molecular weight is 340 g/mol. The van der Waals surface area contributed by atoms with Crippen molar-refractivity contribution in [2.75, 3.05) is 5.32 Å². The fraction of sp³-hybridized carbons (Fsp3) is 0. The van der Waals surface area contributed by atoms with Gasteiger partial charge in [0, 0.05) is 23.0 Å². The Morgan fingerprint density at radius 1 is 1.08 bits per heavy atom. The van der Waals surface area contributed by atoms with Gasteiger partial charge in [0.05, 0.1) is 11.6 Å². The van der Waals surface area contributed by atoms with E-state index in [2.05, 4.69) is 15.3 Å². The first-order chi connectivity index (χ1) is 12.7. The summed E-state index contributed by atoms with van der Waals surface area (Å²) in [4.78, 5) is 20.8. The minimum atomic E-state index is -0.277. The summed E-state index contributed by atoms with van der Waals surface area (Å²) in [5.41, 5.74) is 3.47. The second kappa shape index (κ2) is 6.49. The lowest BCUT2D eigenvalue weighted by molar-refractivity contribution is 0.102. The van der Waals surface area contributed by atoms with Gasteiger partial charge in [-0.2, -0.15) is 10.2 Å². The van der Waals surface area contributed by atoms with Crippen LogP contribution in [0.2, 0.25) is 0 Å². The fourth-order valence-corrected chi connectivity index (χ4v) is 2.52. The number of fused-ring (bicyclic) bond motifs is 1. The van der Waals surface area contributed by atoms with Gasteiger partial charge in [0.25, 0.3) is 5.91 Å². The molecule has 0 fully saturated rings. The molecule has 124 valence electrons. The molecule has 6 nitrogen and oxygen atoms in total. The van der Waals surface area contributed by atoms with Crippen molar-refractivity contribution >= 4 is 22.8 Å². The highest BCUT2D eigenvalue weighted by molar-refractivity contribution is 6.04. The van der Waals surface area contributed by atoms with E-state index < -0.39 is 0 Å². The topological polar surface area (TPSA) is 91.8 Å². The molecule has 0 radical (unpaired) electrons. The Hall–Kier alpha value is -3.98. The number of anilines is 1. The number of benzene rings is 2. The van der Waals surface area contributed by atoms with Crippen molar-refractivity contribution in [1.82, 2.24) is 9.97 Å². The van der Waals surface area contributed by atoms with Gasteiger partial charge < -0.3 is 9.73 Å². The van der Waals surface area contributed by atoms with Crippen LogP contribution in [0.4, 0.5) is 5.69 Å². The highest BCUT2D eigenvalue weighted by Crippen LogP contribution is 2.24. The number of oxazole rings is 1. The Labute approximate surface area is 148 Å². The van der Waals surface area contributed by atoms with Crippen LogP contribution < -0.4 is 5.32 Å². The van der Waals surface area contributed by atoms with Crippen molar-refractivity contribution in [2.24, 2.45) is 0 Å². The number of nitrogens with one attached hydrogen (secondary N) is 1. The molecule has 6 heteroatoms. The first-order valence-electron chi connectivity index (χ1n) is 7.86. The lowest BCUT2D eigenvalue weighted by Gasteiger charge is -2.06. The molecular formula is C20H12N4O2. The number of pyridine rings is 1. The number of nitriles is 1. The van der Waals surface area contributed by atoms with Crippen LogP contribution in [0.25, 0.3) is 22.7 Å². The predicted molar refractivity (Wildman–Crippen MR) is 96.4 cm³/mol. The van der Waals surface area contributed by atoms with Gasteiger partial charge in [0.2, 0.25) is 5.89 Å². The van der Waals surface area contributed by atoms with E-state index in [9.17, 15) is 4.79 Å². The Balaban J connectivity index is 1.54. The van der Waals surface area contributed by atoms with E-state index in [1.54, 1.807) is 48.7 Å². The van der Waals surface area contributed by atoms with Gasteiger partial charge in [0.1, 0.15) is 0 Å². The van der Waals surface area contributed by atoms with Crippen LogP contribution in [-0.4, -0.2) is 15.9 Å². The summed E-state index contributed by atoms with van der Waals surface area (Å²) in [5.74, 6) is 0.194. The maximum Gasteiger partial charge on any atom is 0.255 e. The van der Waals surface area contributed by atoms with Gasteiger partial charge >= 0.3 is 0 Å². The zero-order valence-electron chi connectivity index (χ0n) is 13.5. The van der Waals surface area contributed by atoms with Crippen LogP contribution in [0.1, 0.15) is 15.9 Å². The number of aromatic nitrogens is 2. The minimum absolute atomic E-state index is 0.277. The quantitative estimate of drug-likeness (QED) is 0.608. The van der Waals surface area contributed by atoms with Crippen molar-refractivity contribution < 1.29 is 9.21 Å². The average Bonchev–Trinajstić information content (AvgIpc) is 3.13. The SMILES string of the molecule is N#Cc1cccc(C(=O)Nc2ccc(-c3nc4ncccc4o3)cc2)c1. The predicted octanol–water partition coefficient (Wildman–Crippen LogP) is 4.01. The summed E-state index contributed by atoms with van der Waals surface area (Å²) in [6.45, 7) is 0. The molecule has 2 aromatic heterocycles. The highest BCUT2D eigenvalue weighted by Gasteiger charge is 2.10. The number of nitrogens with zero attached hydrogens (tertiary/aromatic N) is 3.